The molecule has 3 rings (SSSR count). The number of nitrogens with one attached hydrogen (secondary N) is 1. The molecule has 0 aliphatic carbocycles. The highest BCUT2D eigenvalue weighted by atomic mass is 35.5. The van der Waals surface area contributed by atoms with Crippen LogP contribution < -0.4 is 15.0 Å². The summed E-state index contributed by atoms with van der Waals surface area (Å²) in [6.07, 6.45) is -4.51. The largest absolute Gasteiger partial charge is 0.497 e. The van der Waals surface area contributed by atoms with Crippen LogP contribution in [0.4, 0.5) is 29.3 Å². The fourth-order valence-electron chi connectivity index (χ4n) is 2.97. The average Bonchev–Trinajstić information content (AvgIpc) is 2.69. The van der Waals surface area contributed by atoms with Gasteiger partial charge >= 0.3 is 12.2 Å². The summed E-state index contributed by atoms with van der Waals surface area (Å²) in [7, 11) is 1.60. The lowest BCUT2D eigenvalue weighted by Gasteiger charge is -2.36. The Balaban J connectivity index is 1.63. The molecule has 0 saturated carbocycles. The summed E-state index contributed by atoms with van der Waals surface area (Å²) < 4.78 is 43.8. The normalized spacial score (nSPS) is 14.8. The van der Waals surface area contributed by atoms with Crippen LogP contribution in [0.5, 0.6) is 5.75 Å². The van der Waals surface area contributed by atoms with Gasteiger partial charge in [0.1, 0.15) is 5.75 Å². The Hall–Kier alpha value is -2.61. The Morgan fingerprint density at radius 2 is 1.82 bits per heavy atom. The first-order valence-corrected chi connectivity index (χ1v) is 8.97. The summed E-state index contributed by atoms with van der Waals surface area (Å²) in [6.45, 7) is 2.05. The smallest absolute Gasteiger partial charge is 0.416 e. The van der Waals surface area contributed by atoms with Gasteiger partial charge < -0.3 is 19.9 Å². The topological polar surface area (TPSA) is 44.8 Å². The lowest BCUT2D eigenvalue weighted by molar-refractivity contribution is -0.137. The molecule has 28 heavy (non-hydrogen) atoms. The van der Waals surface area contributed by atoms with Crippen molar-refractivity contribution in [3.05, 3.63) is 53.1 Å². The van der Waals surface area contributed by atoms with E-state index in [4.69, 9.17) is 16.3 Å². The molecule has 0 bridgehead atoms. The molecule has 0 aromatic heterocycles. The monoisotopic (exact) mass is 413 g/mol. The highest BCUT2D eigenvalue weighted by Crippen LogP contribution is 2.34. The third-order valence-electron chi connectivity index (χ3n) is 4.52. The van der Waals surface area contributed by atoms with Crippen molar-refractivity contribution in [2.24, 2.45) is 0 Å². The van der Waals surface area contributed by atoms with Crippen LogP contribution in [-0.4, -0.2) is 44.2 Å². The second kappa shape index (κ2) is 8.18. The molecular weight excluding hydrogens is 395 g/mol. The Kier molecular flexibility index (Phi) is 5.88. The average molecular weight is 414 g/mol. The van der Waals surface area contributed by atoms with Gasteiger partial charge in [0.05, 0.1) is 23.4 Å². The number of ether oxygens (including phenoxy) is 1. The third-order valence-corrected chi connectivity index (χ3v) is 4.85. The fraction of sp³-hybridized carbons (Fsp3) is 0.316. The van der Waals surface area contributed by atoms with E-state index in [9.17, 15) is 18.0 Å². The predicted molar refractivity (Wildman–Crippen MR) is 102 cm³/mol. The lowest BCUT2D eigenvalue weighted by Crippen LogP contribution is -2.50. The maximum absolute atomic E-state index is 12.9. The molecule has 1 heterocycles. The maximum atomic E-state index is 12.9. The molecule has 1 aliphatic heterocycles. The van der Waals surface area contributed by atoms with Crippen molar-refractivity contribution in [3.8, 4) is 5.75 Å². The van der Waals surface area contributed by atoms with E-state index in [-0.39, 0.29) is 10.7 Å². The van der Waals surface area contributed by atoms with Crippen molar-refractivity contribution in [1.82, 2.24) is 4.90 Å². The molecule has 1 N–H and O–H groups in total. The molecule has 0 unspecified atom stereocenters. The van der Waals surface area contributed by atoms with Gasteiger partial charge in [-0.1, -0.05) is 17.7 Å². The first-order chi connectivity index (χ1) is 13.3. The predicted octanol–water partition coefficient (Wildman–Crippen LogP) is 4.72. The van der Waals surface area contributed by atoms with Gasteiger partial charge in [0.25, 0.3) is 0 Å². The number of anilines is 2. The first-order valence-electron chi connectivity index (χ1n) is 8.59. The van der Waals surface area contributed by atoms with E-state index in [0.29, 0.717) is 26.2 Å². The number of piperazine rings is 1. The zero-order chi connectivity index (χ0) is 20.3. The van der Waals surface area contributed by atoms with Gasteiger partial charge in [0.15, 0.2) is 0 Å². The number of halogens is 4. The molecule has 5 nitrogen and oxygen atoms in total. The van der Waals surface area contributed by atoms with Crippen LogP contribution in [0.2, 0.25) is 5.02 Å². The van der Waals surface area contributed by atoms with Crippen LogP contribution in [0.15, 0.2) is 42.5 Å². The molecule has 1 aliphatic rings. The first kappa shape index (κ1) is 20.1. The lowest BCUT2D eigenvalue weighted by atomic mass is 10.2. The number of urea groups is 1. The molecule has 2 aromatic rings. The number of rotatable bonds is 3. The van der Waals surface area contributed by atoms with Crippen LogP contribution >= 0.6 is 11.6 Å². The quantitative estimate of drug-likeness (QED) is 0.791. The number of carbonyl (C=O) groups is 1. The fourth-order valence-corrected chi connectivity index (χ4v) is 3.13. The highest BCUT2D eigenvalue weighted by Gasteiger charge is 2.31. The van der Waals surface area contributed by atoms with Crippen LogP contribution in [0.25, 0.3) is 0 Å². The second-order valence-corrected chi connectivity index (χ2v) is 6.71. The Morgan fingerprint density at radius 1 is 1.11 bits per heavy atom. The van der Waals surface area contributed by atoms with E-state index >= 15 is 0 Å². The molecule has 2 aromatic carbocycles. The third kappa shape index (κ3) is 4.62. The molecule has 1 saturated heterocycles. The van der Waals surface area contributed by atoms with Crippen molar-refractivity contribution < 1.29 is 22.7 Å². The van der Waals surface area contributed by atoms with Crippen molar-refractivity contribution in [2.45, 2.75) is 6.18 Å². The van der Waals surface area contributed by atoms with E-state index in [2.05, 4.69) is 10.2 Å². The van der Waals surface area contributed by atoms with Crippen molar-refractivity contribution in [3.63, 3.8) is 0 Å². The molecule has 150 valence electrons. The number of alkyl halides is 3. The van der Waals surface area contributed by atoms with Gasteiger partial charge in [-0.15, -0.1) is 0 Å². The molecule has 0 spiro atoms. The van der Waals surface area contributed by atoms with Crippen LogP contribution in [-0.2, 0) is 6.18 Å². The summed E-state index contributed by atoms with van der Waals surface area (Å²) >= 11 is 5.94. The van der Waals surface area contributed by atoms with E-state index < -0.39 is 17.8 Å². The van der Waals surface area contributed by atoms with Crippen molar-refractivity contribution in [2.75, 3.05) is 43.5 Å². The number of hydrogen-bond donors (Lipinski definition) is 1. The minimum Gasteiger partial charge on any atom is -0.497 e. The number of carbonyl (C=O) groups excluding carboxylic acids is 1. The van der Waals surface area contributed by atoms with Crippen LogP contribution in [0.1, 0.15) is 5.56 Å². The van der Waals surface area contributed by atoms with Crippen molar-refractivity contribution >= 4 is 29.0 Å². The zero-order valence-electron chi connectivity index (χ0n) is 15.1. The second-order valence-electron chi connectivity index (χ2n) is 6.30. The number of nitrogens with zero attached hydrogens (tertiary/aromatic N) is 2. The zero-order valence-corrected chi connectivity index (χ0v) is 15.8. The summed E-state index contributed by atoms with van der Waals surface area (Å²) in [6, 6.07) is 9.98. The molecule has 2 amide bonds. The Morgan fingerprint density at radius 3 is 2.46 bits per heavy atom. The Bertz CT molecular complexity index is 853. The van der Waals surface area contributed by atoms with Crippen LogP contribution in [0.3, 0.4) is 0 Å². The summed E-state index contributed by atoms with van der Waals surface area (Å²) in [5.41, 5.74) is 0.0621. The van der Waals surface area contributed by atoms with Gasteiger partial charge in [-0.25, -0.2) is 4.79 Å². The van der Waals surface area contributed by atoms with Gasteiger partial charge in [-0.05, 0) is 30.3 Å². The van der Waals surface area contributed by atoms with E-state index in [0.717, 1.165) is 29.6 Å². The number of benzene rings is 2. The summed E-state index contributed by atoms with van der Waals surface area (Å²) in [4.78, 5) is 16.1. The highest BCUT2D eigenvalue weighted by molar-refractivity contribution is 6.33. The molecule has 0 atom stereocenters. The minimum atomic E-state index is -4.51. The summed E-state index contributed by atoms with van der Waals surface area (Å²) in [5, 5.41) is 2.53. The van der Waals surface area contributed by atoms with Gasteiger partial charge in [-0.3, -0.25) is 0 Å². The molecule has 9 heteroatoms. The number of methoxy groups -OCH3 is 1. The van der Waals surface area contributed by atoms with Crippen molar-refractivity contribution in [1.29, 1.82) is 0 Å². The van der Waals surface area contributed by atoms with E-state index in [1.807, 2.05) is 24.3 Å². The molecule has 1 fully saturated rings. The molecule has 0 radical (unpaired) electrons. The molecular formula is C19H19ClF3N3O2. The van der Waals surface area contributed by atoms with Gasteiger partial charge in [0, 0.05) is 37.9 Å². The number of amides is 2. The van der Waals surface area contributed by atoms with Crippen LogP contribution in [0, 0.1) is 0 Å². The minimum absolute atomic E-state index is 0.0522. The van der Waals surface area contributed by atoms with Gasteiger partial charge in [-0.2, -0.15) is 13.2 Å². The Labute approximate surface area is 165 Å². The standard InChI is InChI=1S/C19H19ClF3N3O2/c1-28-15-4-2-3-14(12-15)25-7-9-26(10-8-25)18(27)24-17-11-13(19(21,22)23)5-6-16(17)20/h2-6,11-12H,7-10H2,1H3,(H,24,27). The van der Waals surface area contributed by atoms with E-state index in [1.54, 1.807) is 12.0 Å². The number of hydrogen-bond acceptors (Lipinski definition) is 3. The maximum Gasteiger partial charge on any atom is 0.416 e. The van der Waals surface area contributed by atoms with Gasteiger partial charge in [0.2, 0.25) is 0 Å². The summed E-state index contributed by atoms with van der Waals surface area (Å²) in [5.74, 6) is 0.747. The SMILES string of the molecule is COc1cccc(N2CCN(C(=O)Nc3cc(C(F)(F)F)ccc3Cl)CC2)c1. The van der Waals surface area contributed by atoms with E-state index in [1.165, 1.54) is 0 Å².